The van der Waals surface area contributed by atoms with Crippen LogP contribution in [0.2, 0.25) is 0 Å². The van der Waals surface area contributed by atoms with Gasteiger partial charge >= 0.3 is 0 Å². The summed E-state index contributed by atoms with van der Waals surface area (Å²) >= 11 is 1.25. The van der Waals surface area contributed by atoms with E-state index in [1.54, 1.807) is 18.2 Å². The molecule has 6 nitrogen and oxygen atoms in total. The predicted octanol–water partition coefficient (Wildman–Crippen LogP) is 2.01. The molecule has 0 saturated heterocycles. The van der Waals surface area contributed by atoms with Gasteiger partial charge in [0.15, 0.2) is 0 Å². The largest absolute Gasteiger partial charge is 0.313 e. The van der Waals surface area contributed by atoms with Crippen molar-refractivity contribution in [2.75, 3.05) is 11.3 Å². The van der Waals surface area contributed by atoms with Crippen molar-refractivity contribution in [1.29, 1.82) is 0 Å². The van der Waals surface area contributed by atoms with Crippen molar-refractivity contribution in [3.05, 3.63) is 34.8 Å². The molecule has 1 aromatic heterocycles. The van der Waals surface area contributed by atoms with Gasteiger partial charge in [-0.3, -0.25) is 4.72 Å². The number of anilines is 1. The Labute approximate surface area is 128 Å². The van der Waals surface area contributed by atoms with E-state index in [-0.39, 0.29) is 4.90 Å². The van der Waals surface area contributed by atoms with Crippen LogP contribution >= 0.6 is 11.3 Å². The van der Waals surface area contributed by atoms with Crippen LogP contribution < -0.4 is 10.0 Å². The Kier molecular flexibility index (Phi) is 5.27. The Morgan fingerprint density at radius 1 is 1.19 bits per heavy atom. The van der Waals surface area contributed by atoms with Crippen molar-refractivity contribution < 1.29 is 8.42 Å². The van der Waals surface area contributed by atoms with E-state index < -0.39 is 10.0 Å². The number of hydrogen-bond donors (Lipinski definition) is 2. The second kappa shape index (κ2) is 6.97. The maximum atomic E-state index is 12.5. The van der Waals surface area contributed by atoms with Gasteiger partial charge in [0.05, 0.1) is 4.90 Å². The molecule has 0 saturated carbocycles. The Bertz CT molecular complexity index is 698. The SMILES string of the molecule is CCNCc1ccccc1S(=O)(=O)Nc1nnc(CC)s1. The third kappa shape index (κ3) is 3.99. The molecule has 2 N–H and O–H groups in total. The molecule has 21 heavy (non-hydrogen) atoms. The fourth-order valence-electron chi connectivity index (χ4n) is 1.78. The Hall–Kier alpha value is -1.51. The van der Waals surface area contributed by atoms with Gasteiger partial charge in [-0.25, -0.2) is 8.42 Å². The molecule has 1 aromatic carbocycles. The monoisotopic (exact) mass is 326 g/mol. The highest BCUT2D eigenvalue weighted by molar-refractivity contribution is 7.93. The molecule has 0 fully saturated rings. The third-order valence-corrected chi connectivity index (χ3v) is 5.37. The lowest BCUT2D eigenvalue weighted by atomic mass is 10.2. The van der Waals surface area contributed by atoms with Crippen molar-refractivity contribution in [1.82, 2.24) is 15.5 Å². The highest BCUT2D eigenvalue weighted by Gasteiger charge is 2.19. The van der Waals surface area contributed by atoms with Crippen molar-refractivity contribution in [3.63, 3.8) is 0 Å². The molecule has 0 spiro atoms. The molecule has 0 amide bonds. The maximum Gasteiger partial charge on any atom is 0.264 e. The Morgan fingerprint density at radius 2 is 1.95 bits per heavy atom. The zero-order valence-electron chi connectivity index (χ0n) is 12.0. The molecule has 0 aliphatic heterocycles. The summed E-state index contributed by atoms with van der Waals surface area (Å²) in [6.45, 7) is 5.20. The van der Waals surface area contributed by atoms with Gasteiger partial charge in [0.2, 0.25) is 5.13 Å². The Morgan fingerprint density at radius 3 is 2.62 bits per heavy atom. The van der Waals surface area contributed by atoms with Crippen LogP contribution in [0.4, 0.5) is 5.13 Å². The van der Waals surface area contributed by atoms with E-state index >= 15 is 0 Å². The van der Waals surface area contributed by atoms with Crippen LogP contribution in [-0.4, -0.2) is 25.2 Å². The molecule has 0 aliphatic carbocycles. The van der Waals surface area contributed by atoms with Gasteiger partial charge in [-0.1, -0.05) is 43.4 Å². The minimum Gasteiger partial charge on any atom is -0.313 e. The quantitative estimate of drug-likeness (QED) is 0.813. The van der Waals surface area contributed by atoms with Crippen LogP contribution in [0, 0.1) is 0 Å². The summed E-state index contributed by atoms with van der Waals surface area (Å²) in [7, 11) is -3.65. The number of hydrogen-bond acceptors (Lipinski definition) is 6. The van der Waals surface area contributed by atoms with Gasteiger partial charge in [0.1, 0.15) is 5.01 Å². The van der Waals surface area contributed by atoms with Crippen molar-refractivity contribution in [2.24, 2.45) is 0 Å². The topological polar surface area (TPSA) is 84.0 Å². The van der Waals surface area contributed by atoms with Crippen LogP contribution in [0.5, 0.6) is 0 Å². The van der Waals surface area contributed by atoms with E-state index in [2.05, 4.69) is 20.2 Å². The summed E-state index contributed by atoms with van der Waals surface area (Å²) in [6, 6.07) is 6.93. The van der Waals surface area contributed by atoms with Crippen LogP contribution in [0.15, 0.2) is 29.2 Å². The zero-order chi connectivity index (χ0) is 15.3. The molecular formula is C13H18N4O2S2. The third-order valence-electron chi connectivity index (χ3n) is 2.82. The maximum absolute atomic E-state index is 12.5. The molecule has 1 heterocycles. The lowest BCUT2D eigenvalue weighted by Gasteiger charge is -2.10. The zero-order valence-corrected chi connectivity index (χ0v) is 13.6. The number of nitrogens with one attached hydrogen (secondary N) is 2. The number of nitrogens with zero attached hydrogens (tertiary/aromatic N) is 2. The normalized spacial score (nSPS) is 11.5. The number of benzene rings is 1. The van der Waals surface area contributed by atoms with Gasteiger partial charge in [0, 0.05) is 6.54 Å². The fourth-order valence-corrected chi connectivity index (χ4v) is 3.93. The summed E-state index contributed by atoms with van der Waals surface area (Å²) in [5.74, 6) is 0. The molecular weight excluding hydrogens is 308 g/mol. The van der Waals surface area contributed by atoms with Gasteiger partial charge in [-0.05, 0) is 24.6 Å². The van der Waals surface area contributed by atoms with Gasteiger partial charge in [-0.2, -0.15) is 0 Å². The molecule has 0 atom stereocenters. The molecule has 0 unspecified atom stereocenters. The molecule has 0 radical (unpaired) electrons. The van der Waals surface area contributed by atoms with Crippen LogP contribution in [0.25, 0.3) is 0 Å². The number of aryl methyl sites for hydroxylation is 1. The molecule has 2 rings (SSSR count). The average Bonchev–Trinajstić information content (AvgIpc) is 2.92. The van der Waals surface area contributed by atoms with Crippen LogP contribution in [0.1, 0.15) is 24.4 Å². The van der Waals surface area contributed by atoms with Crippen LogP contribution in [0.3, 0.4) is 0 Å². The minimum absolute atomic E-state index is 0.263. The Balaban J connectivity index is 2.26. The van der Waals surface area contributed by atoms with Crippen LogP contribution in [-0.2, 0) is 23.0 Å². The summed E-state index contributed by atoms with van der Waals surface area (Å²) in [6.07, 6.45) is 0.733. The fraction of sp³-hybridized carbons (Fsp3) is 0.385. The van der Waals surface area contributed by atoms with E-state index in [0.29, 0.717) is 11.7 Å². The van der Waals surface area contributed by atoms with Crippen molar-refractivity contribution in [3.8, 4) is 0 Å². The summed E-state index contributed by atoms with van der Waals surface area (Å²) < 4.78 is 27.5. The first-order valence-electron chi connectivity index (χ1n) is 6.70. The first-order valence-corrected chi connectivity index (χ1v) is 9.00. The summed E-state index contributed by atoms with van der Waals surface area (Å²) in [5, 5.41) is 12.0. The molecule has 114 valence electrons. The minimum atomic E-state index is -3.65. The van der Waals surface area contributed by atoms with Gasteiger partial charge in [0.25, 0.3) is 10.0 Å². The molecule has 2 aromatic rings. The second-order valence-corrected chi connectivity index (χ2v) is 7.06. The first-order chi connectivity index (χ1) is 10.1. The average molecular weight is 326 g/mol. The van der Waals surface area contributed by atoms with Gasteiger partial charge < -0.3 is 5.32 Å². The van der Waals surface area contributed by atoms with E-state index in [1.807, 2.05) is 19.9 Å². The number of aromatic nitrogens is 2. The molecule has 8 heteroatoms. The van der Waals surface area contributed by atoms with Crippen molar-refractivity contribution >= 4 is 26.5 Å². The molecule has 0 aliphatic rings. The van der Waals surface area contributed by atoms with E-state index in [1.165, 1.54) is 11.3 Å². The standard InChI is InChI=1S/C13H18N4O2S2/c1-3-12-15-16-13(20-12)17-21(18,19)11-8-6-5-7-10(11)9-14-4-2/h5-8,14H,3-4,9H2,1-2H3,(H,16,17). The van der Waals surface area contributed by atoms with E-state index in [9.17, 15) is 8.42 Å². The predicted molar refractivity (Wildman–Crippen MR) is 83.9 cm³/mol. The highest BCUT2D eigenvalue weighted by atomic mass is 32.2. The van der Waals surface area contributed by atoms with E-state index in [0.717, 1.165) is 23.5 Å². The summed E-state index contributed by atoms with van der Waals surface area (Å²) in [5.41, 5.74) is 0.729. The smallest absolute Gasteiger partial charge is 0.264 e. The van der Waals surface area contributed by atoms with Crippen molar-refractivity contribution in [2.45, 2.75) is 31.7 Å². The highest BCUT2D eigenvalue weighted by Crippen LogP contribution is 2.22. The lowest BCUT2D eigenvalue weighted by Crippen LogP contribution is -2.18. The molecule has 0 bridgehead atoms. The second-order valence-electron chi connectivity index (χ2n) is 4.35. The summed E-state index contributed by atoms with van der Waals surface area (Å²) in [4.78, 5) is 0.263. The lowest BCUT2D eigenvalue weighted by molar-refractivity contribution is 0.598. The van der Waals surface area contributed by atoms with Gasteiger partial charge in [-0.15, -0.1) is 10.2 Å². The number of sulfonamides is 1. The van der Waals surface area contributed by atoms with E-state index in [4.69, 9.17) is 0 Å². The number of rotatable bonds is 7. The first kappa shape index (κ1) is 15.9.